The number of hydrogen-bond donors (Lipinski definition) is 3. The van der Waals surface area contributed by atoms with Crippen molar-refractivity contribution in [2.45, 2.75) is 6.10 Å². The summed E-state index contributed by atoms with van der Waals surface area (Å²) in [5.74, 6) is 0.700. The lowest BCUT2D eigenvalue weighted by atomic mass is 10.1. The van der Waals surface area contributed by atoms with Crippen LogP contribution in [0, 0.1) is 0 Å². The number of methoxy groups -OCH3 is 3. The van der Waals surface area contributed by atoms with E-state index in [2.05, 4.69) is 5.32 Å². The molecule has 7 nitrogen and oxygen atoms in total. The van der Waals surface area contributed by atoms with Crippen molar-refractivity contribution in [1.29, 1.82) is 0 Å². The zero-order valence-corrected chi connectivity index (χ0v) is 11.7. The van der Waals surface area contributed by atoms with Gasteiger partial charge in [-0.25, -0.2) is 0 Å². The average molecular weight is 285 g/mol. The van der Waals surface area contributed by atoms with Gasteiger partial charge in [-0.15, -0.1) is 0 Å². The second kappa shape index (κ2) is 7.56. The van der Waals surface area contributed by atoms with Crippen molar-refractivity contribution >= 4 is 5.91 Å². The first-order valence-corrected chi connectivity index (χ1v) is 5.94. The Morgan fingerprint density at radius 1 is 1.15 bits per heavy atom. The normalized spacial score (nSPS) is 11.7. The van der Waals surface area contributed by atoms with Crippen LogP contribution >= 0.6 is 0 Å². The number of aliphatic hydroxyl groups is 2. The molecule has 0 aliphatic rings. The highest BCUT2D eigenvalue weighted by molar-refractivity contribution is 5.97. The van der Waals surface area contributed by atoms with Gasteiger partial charge in [0.25, 0.3) is 5.91 Å². The maximum atomic E-state index is 12.0. The van der Waals surface area contributed by atoms with Gasteiger partial charge in [-0.1, -0.05) is 0 Å². The van der Waals surface area contributed by atoms with Gasteiger partial charge in [-0.2, -0.15) is 0 Å². The molecule has 1 rings (SSSR count). The summed E-state index contributed by atoms with van der Waals surface area (Å²) in [6.07, 6.45) is -1.01. The molecule has 1 amide bonds. The molecule has 112 valence electrons. The molecule has 0 saturated heterocycles. The van der Waals surface area contributed by atoms with Crippen LogP contribution in [0.15, 0.2) is 12.1 Å². The first kappa shape index (κ1) is 16.1. The summed E-state index contributed by atoms with van der Waals surface area (Å²) in [7, 11) is 4.37. The van der Waals surface area contributed by atoms with Crippen molar-refractivity contribution in [3.05, 3.63) is 17.7 Å². The van der Waals surface area contributed by atoms with Gasteiger partial charge in [0.05, 0.1) is 39.6 Å². The monoisotopic (exact) mass is 285 g/mol. The Balaban J connectivity index is 3.00. The molecule has 0 aromatic heterocycles. The van der Waals surface area contributed by atoms with E-state index in [9.17, 15) is 9.90 Å². The van der Waals surface area contributed by atoms with E-state index < -0.39 is 18.6 Å². The van der Waals surface area contributed by atoms with Gasteiger partial charge < -0.3 is 29.7 Å². The summed E-state index contributed by atoms with van der Waals surface area (Å²) in [5.41, 5.74) is 0.246. The van der Waals surface area contributed by atoms with E-state index in [1.807, 2.05) is 0 Å². The van der Waals surface area contributed by atoms with Crippen LogP contribution in [0.5, 0.6) is 17.2 Å². The summed E-state index contributed by atoms with van der Waals surface area (Å²) >= 11 is 0. The Labute approximate surface area is 117 Å². The summed E-state index contributed by atoms with van der Waals surface area (Å²) in [6.45, 7) is -0.490. The number of ether oxygens (including phenoxy) is 3. The third-order valence-corrected chi connectivity index (χ3v) is 2.66. The Morgan fingerprint density at radius 3 is 2.20 bits per heavy atom. The quantitative estimate of drug-likeness (QED) is 0.641. The maximum absolute atomic E-state index is 12.0. The van der Waals surface area contributed by atoms with Crippen LogP contribution in [-0.2, 0) is 0 Å². The van der Waals surface area contributed by atoms with Gasteiger partial charge in [0.15, 0.2) is 11.5 Å². The van der Waals surface area contributed by atoms with Crippen LogP contribution in [0.25, 0.3) is 0 Å². The van der Waals surface area contributed by atoms with Crippen LogP contribution in [0.1, 0.15) is 10.4 Å². The standard InChI is InChI=1S/C13H19NO6/c1-18-10-5-12(20-3)11(19-2)4-9(10)13(17)14-6-8(16)7-15/h4-5,8,15-16H,6-7H2,1-3H3,(H,14,17). The Kier molecular flexibility index (Phi) is 6.08. The highest BCUT2D eigenvalue weighted by atomic mass is 16.5. The maximum Gasteiger partial charge on any atom is 0.255 e. The van der Waals surface area contributed by atoms with Crippen molar-refractivity contribution in [2.24, 2.45) is 0 Å². The van der Waals surface area contributed by atoms with E-state index in [-0.39, 0.29) is 12.1 Å². The van der Waals surface area contributed by atoms with Gasteiger partial charge in [0.1, 0.15) is 5.75 Å². The summed E-state index contributed by atoms with van der Waals surface area (Å²) in [4.78, 5) is 12.0. The molecule has 0 bridgehead atoms. The van der Waals surface area contributed by atoms with Gasteiger partial charge >= 0.3 is 0 Å². The minimum Gasteiger partial charge on any atom is -0.496 e. The minimum atomic E-state index is -1.01. The smallest absolute Gasteiger partial charge is 0.255 e. The Bertz CT molecular complexity index is 462. The first-order valence-electron chi connectivity index (χ1n) is 5.94. The molecule has 0 saturated carbocycles. The lowest BCUT2D eigenvalue weighted by molar-refractivity contribution is 0.0800. The van der Waals surface area contributed by atoms with Gasteiger partial charge in [0, 0.05) is 18.7 Å². The topological polar surface area (TPSA) is 97.3 Å². The summed E-state index contributed by atoms with van der Waals surface area (Å²) < 4.78 is 15.4. The fourth-order valence-corrected chi connectivity index (χ4v) is 1.58. The largest absolute Gasteiger partial charge is 0.496 e. The van der Waals surface area contributed by atoms with Crippen LogP contribution in [0.4, 0.5) is 0 Å². The van der Waals surface area contributed by atoms with E-state index in [0.717, 1.165) is 0 Å². The lowest BCUT2D eigenvalue weighted by Crippen LogP contribution is -2.34. The van der Waals surface area contributed by atoms with Gasteiger partial charge in [-0.05, 0) is 0 Å². The number of nitrogens with one attached hydrogen (secondary N) is 1. The number of carbonyl (C=O) groups is 1. The zero-order chi connectivity index (χ0) is 15.1. The van der Waals surface area contributed by atoms with Crippen LogP contribution < -0.4 is 19.5 Å². The molecule has 7 heteroatoms. The molecule has 3 N–H and O–H groups in total. The van der Waals surface area contributed by atoms with Crippen LogP contribution in [-0.4, -0.2) is 56.7 Å². The van der Waals surface area contributed by atoms with E-state index >= 15 is 0 Å². The second-order valence-electron chi connectivity index (χ2n) is 3.95. The first-order chi connectivity index (χ1) is 9.57. The van der Waals surface area contributed by atoms with E-state index in [0.29, 0.717) is 17.2 Å². The van der Waals surface area contributed by atoms with Crippen molar-refractivity contribution in [2.75, 3.05) is 34.5 Å². The predicted octanol–water partition coefficient (Wildman–Crippen LogP) is -0.205. The predicted molar refractivity (Wildman–Crippen MR) is 71.5 cm³/mol. The molecule has 0 heterocycles. The third-order valence-electron chi connectivity index (χ3n) is 2.66. The molecule has 20 heavy (non-hydrogen) atoms. The third kappa shape index (κ3) is 3.75. The second-order valence-corrected chi connectivity index (χ2v) is 3.95. The lowest BCUT2D eigenvalue weighted by Gasteiger charge is -2.14. The fourth-order valence-electron chi connectivity index (χ4n) is 1.58. The molecular weight excluding hydrogens is 266 g/mol. The van der Waals surface area contributed by atoms with E-state index in [4.69, 9.17) is 19.3 Å². The van der Waals surface area contributed by atoms with Crippen molar-refractivity contribution in [3.63, 3.8) is 0 Å². The minimum absolute atomic E-state index is 0.0627. The van der Waals surface area contributed by atoms with Gasteiger partial charge in [-0.3, -0.25) is 4.79 Å². The number of amides is 1. The number of benzene rings is 1. The molecule has 0 aliphatic carbocycles. The van der Waals surface area contributed by atoms with Crippen molar-refractivity contribution in [3.8, 4) is 17.2 Å². The number of aliphatic hydroxyl groups excluding tert-OH is 2. The Morgan fingerprint density at radius 2 is 1.70 bits per heavy atom. The number of rotatable bonds is 7. The van der Waals surface area contributed by atoms with E-state index in [1.54, 1.807) is 0 Å². The summed E-state index contributed by atoms with van der Waals surface area (Å²) in [5, 5.41) is 20.4. The molecule has 1 aromatic rings. The van der Waals surface area contributed by atoms with Crippen LogP contribution in [0.2, 0.25) is 0 Å². The molecule has 0 fully saturated rings. The SMILES string of the molecule is COc1cc(OC)c(C(=O)NCC(O)CO)cc1OC. The Hall–Kier alpha value is -1.99. The number of carbonyl (C=O) groups excluding carboxylic acids is 1. The van der Waals surface area contributed by atoms with Crippen molar-refractivity contribution in [1.82, 2.24) is 5.32 Å². The average Bonchev–Trinajstić information content (AvgIpc) is 2.50. The molecule has 1 unspecified atom stereocenters. The van der Waals surface area contributed by atoms with Crippen LogP contribution in [0.3, 0.4) is 0 Å². The number of hydrogen-bond acceptors (Lipinski definition) is 6. The highest BCUT2D eigenvalue weighted by Gasteiger charge is 2.18. The molecule has 1 atom stereocenters. The molecule has 0 spiro atoms. The summed E-state index contributed by atoms with van der Waals surface area (Å²) in [6, 6.07) is 3.02. The van der Waals surface area contributed by atoms with E-state index in [1.165, 1.54) is 33.5 Å². The zero-order valence-electron chi connectivity index (χ0n) is 11.7. The van der Waals surface area contributed by atoms with Gasteiger partial charge in [0.2, 0.25) is 0 Å². The fraction of sp³-hybridized carbons (Fsp3) is 0.462. The van der Waals surface area contributed by atoms with Crippen molar-refractivity contribution < 1.29 is 29.2 Å². The molecule has 1 aromatic carbocycles. The molecular formula is C13H19NO6. The molecule has 0 radical (unpaired) electrons. The highest BCUT2D eigenvalue weighted by Crippen LogP contribution is 2.34. The molecule has 0 aliphatic heterocycles.